The molecule has 0 radical (unpaired) electrons. The van der Waals surface area contributed by atoms with Crippen molar-refractivity contribution in [1.82, 2.24) is 15.1 Å². The number of nitrogens with zero attached hydrogens (tertiary/aromatic N) is 2. The van der Waals surface area contributed by atoms with E-state index in [0.717, 1.165) is 32.4 Å². The Labute approximate surface area is 158 Å². The van der Waals surface area contributed by atoms with Crippen LogP contribution in [-0.4, -0.2) is 66.2 Å². The molecule has 6 heteroatoms. The standard InChI is InChI=1S/C20H37N3O3/c1-20(2,16-8-5-4-6-9-16)15-21-19(26)23-12-7-10-17(11-13-23)22(3)14-18(24)25/h16-17H,4-15H2,1-3H3,(H,21,26)(H,24,25). The van der Waals surface area contributed by atoms with Gasteiger partial charge in [0.25, 0.3) is 0 Å². The molecule has 150 valence electrons. The molecular weight excluding hydrogens is 330 g/mol. The quantitative estimate of drug-likeness (QED) is 0.756. The molecule has 2 amide bonds. The van der Waals surface area contributed by atoms with Gasteiger partial charge in [-0.15, -0.1) is 0 Å². The predicted octanol–water partition coefficient (Wildman–Crippen LogP) is 3.17. The van der Waals surface area contributed by atoms with E-state index in [1.54, 1.807) is 0 Å². The van der Waals surface area contributed by atoms with E-state index < -0.39 is 5.97 Å². The summed E-state index contributed by atoms with van der Waals surface area (Å²) < 4.78 is 0. The fourth-order valence-electron chi connectivity index (χ4n) is 4.51. The molecule has 1 aliphatic carbocycles. The fraction of sp³-hybridized carbons (Fsp3) is 0.900. The zero-order valence-electron chi connectivity index (χ0n) is 16.8. The van der Waals surface area contributed by atoms with Crippen LogP contribution in [0.25, 0.3) is 0 Å². The number of urea groups is 1. The molecule has 2 fully saturated rings. The van der Waals surface area contributed by atoms with Crippen LogP contribution in [0.5, 0.6) is 0 Å². The van der Waals surface area contributed by atoms with Crippen LogP contribution in [0.4, 0.5) is 4.79 Å². The Balaban J connectivity index is 1.79. The molecule has 0 bridgehead atoms. The van der Waals surface area contributed by atoms with Gasteiger partial charge in [-0.1, -0.05) is 33.1 Å². The molecule has 26 heavy (non-hydrogen) atoms. The van der Waals surface area contributed by atoms with E-state index in [4.69, 9.17) is 5.11 Å². The summed E-state index contributed by atoms with van der Waals surface area (Å²) >= 11 is 0. The second-order valence-corrected chi connectivity index (χ2v) is 8.86. The molecule has 0 aromatic carbocycles. The van der Waals surface area contributed by atoms with Gasteiger partial charge in [-0.3, -0.25) is 9.69 Å². The maximum absolute atomic E-state index is 12.6. The lowest BCUT2D eigenvalue weighted by atomic mass is 9.71. The molecule has 1 heterocycles. The topological polar surface area (TPSA) is 72.9 Å². The van der Waals surface area contributed by atoms with E-state index >= 15 is 0 Å². The zero-order valence-corrected chi connectivity index (χ0v) is 16.8. The number of carboxylic acids is 1. The number of hydrogen-bond acceptors (Lipinski definition) is 3. The minimum absolute atomic E-state index is 0.0374. The van der Waals surface area contributed by atoms with Crippen LogP contribution in [-0.2, 0) is 4.79 Å². The third-order valence-electron chi connectivity index (χ3n) is 6.40. The van der Waals surface area contributed by atoms with Crippen molar-refractivity contribution in [2.75, 3.05) is 33.2 Å². The summed E-state index contributed by atoms with van der Waals surface area (Å²) in [6.07, 6.45) is 9.26. The molecule has 1 aliphatic heterocycles. The first-order chi connectivity index (χ1) is 12.3. The molecule has 0 spiro atoms. The highest BCUT2D eigenvalue weighted by Gasteiger charge is 2.31. The summed E-state index contributed by atoms with van der Waals surface area (Å²) in [5, 5.41) is 12.1. The van der Waals surface area contributed by atoms with Crippen molar-refractivity contribution in [1.29, 1.82) is 0 Å². The highest BCUT2D eigenvalue weighted by atomic mass is 16.4. The smallest absolute Gasteiger partial charge is 0.317 e. The number of likely N-dealkylation sites (N-methyl/N-ethyl adjacent to an activating group) is 1. The van der Waals surface area contributed by atoms with Gasteiger partial charge in [-0.05, 0) is 50.5 Å². The molecular formula is C20H37N3O3. The number of amides is 2. The average Bonchev–Trinajstić information content (AvgIpc) is 2.86. The summed E-state index contributed by atoms with van der Waals surface area (Å²) in [4.78, 5) is 27.4. The molecule has 2 rings (SSSR count). The van der Waals surface area contributed by atoms with E-state index in [-0.39, 0.29) is 24.0 Å². The van der Waals surface area contributed by atoms with Crippen molar-refractivity contribution in [2.24, 2.45) is 11.3 Å². The Morgan fingerprint density at radius 2 is 1.77 bits per heavy atom. The van der Waals surface area contributed by atoms with Crippen LogP contribution in [0.15, 0.2) is 0 Å². The predicted molar refractivity (Wildman–Crippen MR) is 103 cm³/mol. The van der Waals surface area contributed by atoms with Gasteiger partial charge in [0.05, 0.1) is 6.54 Å². The first-order valence-electron chi connectivity index (χ1n) is 10.2. The molecule has 0 aromatic heterocycles. The summed E-state index contributed by atoms with van der Waals surface area (Å²) in [7, 11) is 1.86. The number of likely N-dealkylation sites (tertiary alicyclic amines) is 1. The number of nitrogens with one attached hydrogen (secondary N) is 1. The van der Waals surface area contributed by atoms with Gasteiger partial charge in [-0.25, -0.2) is 4.79 Å². The van der Waals surface area contributed by atoms with Gasteiger partial charge < -0.3 is 15.3 Å². The van der Waals surface area contributed by atoms with E-state index in [9.17, 15) is 9.59 Å². The maximum atomic E-state index is 12.6. The lowest BCUT2D eigenvalue weighted by molar-refractivity contribution is -0.138. The molecule has 1 saturated carbocycles. The monoisotopic (exact) mass is 367 g/mol. The first kappa shape index (κ1) is 21.0. The zero-order chi connectivity index (χ0) is 19.2. The van der Waals surface area contributed by atoms with Gasteiger partial charge in [0, 0.05) is 25.7 Å². The molecule has 0 aromatic rings. The molecule has 1 saturated heterocycles. The molecule has 2 aliphatic rings. The van der Waals surface area contributed by atoms with Crippen molar-refractivity contribution in [3.05, 3.63) is 0 Å². The lowest BCUT2D eigenvalue weighted by Crippen LogP contribution is -2.46. The van der Waals surface area contributed by atoms with Gasteiger partial charge in [0.15, 0.2) is 0 Å². The van der Waals surface area contributed by atoms with Gasteiger partial charge >= 0.3 is 12.0 Å². The number of carbonyl (C=O) groups excluding carboxylic acids is 1. The molecule has 6 nitrogen and oxygen atoms in total. The molecule has 1 atom stereocenters. The summed E-state index contributed by atoms with van der Waals surface area (Å²) in [5.74, 6) is -0.0916. The summed E-state index contributed by atoms with van der Waals surface area (Å²) in [6, 6.07) is 0.276. The van der Waals surface area contributed by atoms with Gasteiger partial charge in [0.2, 0.25) is 0 Å². The lowest BCUT2D eigenvalue weighted by Gasteiger charge is -2.37. The average molecular weight is 368 g/mol. The van der Waals surface area contributed by atoms with Gasteiger partial charge in [0.1, 0.15) is 0 Å². The van der Waals surface area contributed by atoms with E-state index in [1.165, 1.54) is 32.1 Å². The third-order valence-corrected chi connectivity index (χ3v) is 6.40. The maximum Gasteiger partial charge on any atom is 0.317 e. The van der Waals surface area contributed by atoms with Crippen LogP contribution in [0.3, 0.4) is 0 Å². The van der Waals surface area contributed by atoms with E-state index in [1.807, 2.05) is 16.8 Å². The van der Waals surface area contributed by atoms with Gasteiger partial charge in [-0.2, -0.15) is 0 Å². The molecule has 1 unspecified atom stereocenters. The van der Waals surface area contributed by atoms with Crippen molar-refractivity contribution in [3.63, 3.8) is 0 Å². The van der Waals surface area contributed by atoms with Crippen LogP contribution in [0.1, 0.15) is 65.2 Å². The third kappa shape index (κ3) is 6.15. The Bertz CT molecular complexity index is 475. The Morgan fingerprint density at radius 1 is 1.08 bits per heavy atom. The second kappa shape index (κ2) is 9.58. The fourth-order valence-corrected chi connectivity index (χ4v) is 4.51. The Kier molecular flexibility index (Phi) is 7.74. The van der Waals surface area contributed by atoms with Crippen molar-refractivity contribution in [3.8, 4) is 0 Å². The van der Waals surface area contributed by atoms with E-state index in [2.05, 4.69) is 19.2 Å². The van der Waals surface area contributed by atoms with Crippen LogP contribution < -0.4 is 5.32 Å². The first-order valence-corrected chi connectivity index (χ1v) is 10.2. The van der Waals surface area contributed by atoms with Crippen molar-refractivity contribution in [2.45, 2.75) is 71.3 Å². The molecule has 2 N–H and O–H groups in total. The highest BCUT2D eigenvalue weighted by molar-refractivity contribution is 5.74. The largest absolute Gasteiger partial charge is 0.480 e. The summed E-state index contributed by atoms with van der Waals surface area (Å²) in [5.41, 5.74) is 0.145. The number of hydrogen-bond donors (Lipinski definition) is 2. The minimum atomic E-state index is -0.795. The number of carboxylic acid groups (broad SMARTS) is 1. The Morgan fingerprint density at radius 3 is 2.42 bits per heavy atom. The summed E-state index contributed by atoms with van der Waals surface area (Å²) in [6.45, 7) is 6.81. The highest BCUT2D eigenvalue weighted by Crippen LogP contribution is 2.37. The Hall–Kier alpha value is -1.30. The normalized spacial score (nSPS) is 22.9. The van der Waals surface area contributed by atoms with E-state index in [0.29, 0.717) is 12.5 Å². The van der Waals surface area contributed by atoms with Crippen LogP contribution in [0.2, 0.25) is 0 Å². The van der Waals surface area contributed by atoms with Crippen LogP contribution >= 0.6 is 0 Å². The number of rotatable bonds is 6. The number of carbonyl (C=O) groups is 2. The minimum Gasteiger partial charge on any atom is -0.480 e. The SMILES string of the molecule is CN(CC(=O)O)C1CCCN(C(=O)NCC(C)(C)C2CCCCC2)CC1. The van der Waals surface area contributed by atoms with Crippen LogP contribution in [0, 0.1) is 11.3 Å². The van der Waals surface area contributed by atoms with Crippen molar-refractivity contribution < 1.29 is 14.7 Å². The second-order valence-electron chi connectivity index (χ2n) is 8.86. The number of aliphatic carboxylic acids is 1. The van der Waals surface area contributed by atoms with Crippen molar-refractivity contribution >= 4 is 12.0 Å².